The molecule has 0 bridgehead atoms. The molecule has 0 aromatic carbocycles. The van der Waals surface area contributed by atoms with Gasteiger partial charge in [-0.05, 0) is 12.0 Å². The first-order valence-electron chi connectivity index (χ1n) is 6.71. The molecular weight excluding hydrogens is 290 g/mol. The van der Waals surface area contributed by atoms with Gasteiger partial charge in [-0.1, -0.05) is 6.08 Å². The summed E-state index contributed by atoms with van der Waals surface area (Å²) in [7, 11) is 2.85. The first-order chi connectivity index (χ1) is 10.6. The Labute approximate surface area is 127 Å². The largest absolute Gasteiger partial charge is 0.465 e. The van der Waals surface area contributed by atoms with Crippen molar-refractivity contribution < 1.29 is 19.2 Å². The monoisotopic (exact) mass is 307 g/mol. The van der Waals surface area contributed by atoms with Crippen molar-refractivity contribution in [1.82, 2.24) is 4.98 Å². The third-order valence-electron chi connectivity index (χ3n) is 3.40. The van der Waals surface area contributed by atoms with Crippen molar-refractivity contribution in [3.05, 3.63) is 39.6 Å². The van der Waals surface area contributed by atoms with Gasteiger partial charge in [-0.25, -0.2) is 9.78 Å². The molecule has 0 N–H and O–H groups in total. The molecule has 118 valence electrons. The maximum Gasteiger partial charge on any atom is 0.339 e. The van der Waals surface area contributed by atoms with Gasteiger partial charge in [-0.15, -0.1) is 0 Å². The molecule has 0 saturated carbocycles. The van der Waals surface area contributed by atoms with Gasteiger partial charge in [0.2, 0.25) is 5.82 Å². The third-order valence-corrected chi connectivity index (χ3v) is 3.40. The number of nitrogens with zero attached hydrogens (tertiary/aromatic N) is 3. The Hall–Kier alpha value is -2.48. The molecule has 8 heteroatoms. The predicted octanol–water partition coefficient (Wildman–Crippen LogP) is 1.56. The molecule has 0 spiro atoms. The lowest BCUT2D eigenvalue weighted by Crippen LogP contribution is -2.30. The number of aromatic nitrogens is 1. The van der Waals surface area contributed by atoms with E-state index in [0.717, 1.165) is 12.0 Å². The van der Waals surface area contributed by atoms with Crippen molar-refractivity contribution in [2.75, 3.05) is 38.8 Å². The molecule has 1 aliphatic rings. The molecule has 0 atom stereocenters. The first kappa shape index (κ1) is 15.9. The summed E-state index contributed by atoms with van der Waals surface area (Å²) in [5.41, 5.74) is 1.02. The summed E-state index contributed by atoms with van der Waals surface area (Å²) in [4.78, 5) is 28.1. The Balaban J connectivity index is 2.28. The Morgan fingerprint density at radius 2 is 2.27 bits per heavy atom. The quantitative estimate of drug-likeness (QED) is 0.352. The van der Waals surface area contributed by atoms with E-state index < -0.39 is 10.9 Å². The van der Waals surface area contributed by atoms with Crippen LogP contribution in [0.15, 0.2) is 23.9 Å². The summed E-state index contributed by atoms with van der Waals surface area (Å²) in [5, 5.41) is 11.2. The smallest absolute Gasteiger partial charge is 0.339 e. The number of ether oxygens (including phenoxy) is 2. The van der Waals surface area contributed by atoms with E-state index in [1.54, 1.807) is 12.0 Å². The molecule has 1 aliphatic heterocycles. The summed E-state index contributed by atoms with van der Waals surface area (Å²) in [6.45, 7) is 1.69. The standard InChI is InChI=1S/C14H17N3O5/c1-21-9-10-3-5-16(6-4-10)13-12(17(19)20)7-11(8-15-13)14(18)22-2/h3,7-8H,4-6,9H2,1-2H3. The van der Waals surface area contributed by atoms with Gasteiger partial charge < -0.3 is 14.4 Å². The summed E-state index contributed by atoms with van der Waals surface area (Å²) in [5.74, 6) is -0.395. The molecule has 0 saturated heterocycles. The molecule has 1 aromatic rings. The third kappa shape index (κ3) is 3.40. The van der Waals surface area contributed by atoms with E-state index in [2.05, 4.69) is 9.72 Å². The number of rotatable bonds is 5. The van der Waals surface area contributed by atoms with Crippen LogP contribution < -0.4 is 4.90 Å². The number of hydrogen-bond acceptors (Lipinski definition) is 7. The Morgan fingerprint density at radius 3 is 2.82 bits per heavy atom. The molecule has 0 fully saturated rings. The maximum absolute atomic E-state index is 11.5. The average molecular weight is 307 g/mol. The zero-order valence-corrected chi connectivity index (χ0v) is 12.4. The molecule has 1 aromatic heterocycles. The molecule has 8 nitrogen and oxygen atoms in total. The van der Waals surface area contributed by atoms with Crippen molar-refractivity contribution >= 4 is 17.5 Å². The molecule has 0 amide bonds. The number of carbonyl (C=O) groups excluding carboxylic acids is 1. The molecule has 22 heavy (non-hydrogen) atoms. The Bertz CT molecular complexity index is 614. The maximum atomic E-state index is 11.5. The summed E-state index contributed by atoms with van der Waals surface area (Å²) in [6, 6.07) is 1.20. The van der Waals surface area contributed by atoms with Crippen LogP contribution in [-0.2, 0) is 9.47 Å². The van der Waals surface area contributed by atoms with Crippen LogP contribution in [0.5, 0.6) is 0 Å². The van der Waals surface area contributed by atoms with E-state index in [1.165, 1.54) is 19.4 Å². The van der Waals surface area contributed by atoms with E-state index >= 15 is 0 Å². The van der Waals surface area contributed by atoms with Crippen molar-refractivity contribution in [3.63, 3.8) is 0 Å². The van der Waals surface area contributed by atoms with E-state index in [1.807, 2.05) is 6.08 Å². The molecule has 0 radical (unpaired) electrons. The van der Waals surface area contributed by atoms with E-state index in [0.29, 0.717) is 19.7 Å². The van der Waals surface area contributed by atoms with Crippen LogP contribution in [0, 0.1) is 10.1 Å². The van der Waals surface area contributed by atoms with Crippen molar-refractivity contribution in [1.29, 1.82) is 0 Å². The number of hydrogen-bond donors (Lipinski definition) is 0. The topological polar surface area (TPSA) is 94.8 Å². The number of pyridine rings is 1. The summed E-state index contributed by atoms with van der Waals surface area (Å²) >= 11 is 0. The van der Waals surface area contributed by atoms with Gasteiger partial charge in [-0.3, -0.25) is 10.1 Å². The normalized spacial score (nSPS) is 14.5. The second kappa shape index (κ2) is 6.99. The predicted molar refractivity (Wildman–Crippen MR) is 79.0 cm³/mol. The van der Waals surface area contributed by atoms with Gasteiger partial charge in [0.25, 0.3) is 0 Å². The number of anilines is 1. The number of nitro groups is 1. The minimum atomic E-state index is -0.650. The van der Waals surface area contributed by atoms with Crippen LogP contribution >= 0.6 is 0 Å². The van der Waals surface area contributed by atoms with Gasteiger partial charge in [0.05, 0.1) is 24.2 Å². The van der Waals surface area contributed by atoms with Crippen LogP contribution in [0.1, 0.15) is 16.8 Å². The zero-order chi connectivity index (χ0) is 16.1. The van der Waals surface area contributed by atoms with Crippen LogP contribution in [0.25, 0.3) is 0 Å². The summed E-state index contributed by atoms with van der Waals surface area (Å²) < 4.78 is 9.64. The molecule has 0 unspecified atom stereocenters. The number of methoxy groups -OCH3 is 2. The fourth-order valence-electron chi connectivity index (χ4n) is 2.27. The lowest BCUT2D eigenvalue weighted by atomic mass is 10.1. The average Bonchev–Trinajstić information content (AvgIpc) is 2.54. The fraction of sp³-hybridized carbons (Fsp3) is 0.429. The molecule has 2 heterocycles. The van der Waals surface area contributed by atoms with E-state index in [4.69, 9.17) is 4.74 Å². The highest BCUT2D eigenvalue weighted by Gasteiger charge is 2.25. The highest BCUT2D eigenvalue weighted by atomic mass is 16.6. The van der Waals surface area contributed by atoms with Gasteiger partial charge in [-0.2, -0.15) is 0 Å². The Morgan fingerprint density at radius 1 is 1.50 bits per heavy atom. The van der Waals surface area contributed by atoms with Gasteiger partial charge >= 0.3 is 11.7 Å². The fourth-order valence-corrected chi connectivity index (χ4v) is 2.27. The highest BCUT2D eigenvalue weighted by Crippen LogP contribution is 2.28. The number of carbonyl (C=O) groups is 1. The second-order valence-corrected chi connectivity index (χ2v) is 4.81. The minimum absolute atomic E-state index is 0.0607. The summed E-state index contributed by atoms with van der Waals surface area (Å²) in [6.07, 6.45) is 4.03. The SMILES string of the molecule is COCC1=CCN(c2ncc(C(=O)OC)cc2[N+](=O)[O-])CC1. The Kier molecular flexibility index (Phi) is 5.05. The van der Waals surface area contributed by atoms with Crippen LogP contribution in [0.3, 0.4) is 0 Å². The molecule has 0 aliphatic carbocycles. The van der Waals surface area contributed by atoms with E-state index in [9.17, 15) is 14.9 Å². The van der Waals surface area contributed by atoms with Gasteiger partial charge in [0.1, 0.15) is 0 Å². The van der Waals surface area contributed by atoms with Crippen LogP contribution in [0.4, 0.5) is 11.5 Å². The van der Waals surface area contributed by atoms with Crippen molar-refractivity contribution in [2.45, 2.75) is 6.42 Å². The highest BCUT2D eigenvalue weighted by molar-refractivity contribution is 5.90. The van der Waals surface area contributed by atoms with Gasteiger partial charge in [0.15, 0.2) is 0 Å². The van der Waals surface area contributed by atoms with Crippen LogP contribution in [-0.4, -0.2) is 49.8 Å². The van der Waals surface area contributed by atoms with Crippen molar-refractivity contribution in [3.8, 4) is 0 Å². The molecular formula is C14H17N3O5. The van der Waals surface area contributed by atoms with Gasteiger partial charge in [0, 0.05) is 32.5 Å². The number of esters is 1. The lowest BCUT2D eigenvalue weighted by Gasteiger charge is -2.27. The lowest BCUT2D eigenvalue weighted by molar-refractivity contribution is -0.384. The minimum Gasteiger partial charge on any atom is -0.465 e. The second-order valence-electron chi connectivity index (χ2n) is 4.81. The van der Waals surface area contributed by atoms with Crippen LogP contribution in [0.2, 0.25) is 0 Å². The first-order valence-corrected chi connectivity index (χ1v) is 6.71. The zero-order valence-electron chi connectivity index (χ0n) is 12.4. The van der Waals surface area contributed by atoms with Crippen molar-refractivity contribution in [2.24, 2.45) is 0 Å². The molecule has 2 rings (SSSR count). The van der Waals surface area contributed by atoms with E-state index in [-0.39, 0.29) is 17.1 Å².